The fraction of sp³-hybridized carbons (Fsp3) is 0.167. The van der Waals surface area contributed by atoms with Crippen molar-refractivity contribution in [1.82, 2.24) is 4.98 Å². The van der Waals surface area contributed by atoms with E-state index in [1.807, 2.05) is 0 Å². The van der Waals surface area contributed by atoms with E-state index in [9.17, 15) is 13.2 Å². The van der Waals surface area contributed by atoms with E-state index in [-0.39, 0.29) is 4.60 Å². The number of nitrogens with two attached hydrogens (primary N) is 1. The number of halogens is 4. The minimum Gasteiger partial charge on any atom is -0.381 e. The molecule has 0 aromatic carbocycles. The summed E-state index contributed by atoms with van der Waals surface area (Å²) in [6.07, 6.45) is -2.76. The Kier molecular flexibility index (Phi) is 2.56. The Morgan fingerprint density at radius 3 is 2.58 bits per heavy atom. The third-order valence-electron chi connectivity index (χ3n) is 1.22. The minimum atomic E-state index is -2.76. The van der Waals surface area contributed by atoms with Crippen molar-refractivity contribution < 1.29 is 13.2 Å². The van der Waals surface area contributed by atoms with Crippen molar-refractivity contribution in [1.29, 1.82) is 0 Å². The lowest BCUT2D eigenvalue weighted by Crippen LogP contribution is -1.99. The van der Waals surface area contributed by atoms with Crippen molar-refractivity contribution >= 4 is 21.7 Å². The van der Waals surface area contributed by atoms with Gasteiger partial charge in [-0.3, -0.25) is 0 Å². The second-order valence-corrected chi connectivity index (χ2v) is 2.79. The molecule has 1 aromatic heterocycles. The van der Waals surface area contributed by atoms with Gasteiger partial charge in [0.1, 0.15) is 4.60 Å². The van der Waals surface area contributed by atoms with Crippen LogP contribution in [0.1, 0.15) is 12.0 Å². The molecule has 0 radical (unpaired) electrons. The number of aromatic nitrogens is 1. The van der Waals surface area contributed by atoms with Gasteiger partial charge in [-0.25, -0.2) is 18.2 Å². The second-order valence-electron chi connectivity index (χ2n) is 2.04. The molecule has 2 nitrogen and oxygen atoms in total. The highest BCUT2D eigenvalue weighted by molar-refractivity contribution is 9.10. The lowest BCUT2D eigenvalue weighted by atomic mass is 10.3. The van der Waals surface area contributed by atoms with Crippen LogP contribution in [0, 0.1) is 5.82 Å². The first-order chi connectivity index (χ1) is 5.52. The number of anilines is 1. The molecule has 0 aliphatic rings. The van der Waals surface area contributed by atoms with Crippen molar-refractivity contribution in [3.8, 4) is 0 Å². The van der Waals surface area contributed by atoms with Crippen molar-refractivity contribution in [3.05, 3.63) is 22.1 Å². The lowest BCUT2D eigenvalue weighted by Gasteiger charge is -2.03. The normalized spacial score (nSPS) is 10.8. The maximum Gasteiger partial charge on any atom is 0.266 e. The van der Waals surface area contributed by atoms with E-state index in [1.54, 1.807) is 0 Å². The molecule has 12 heavy (non-hydrogen) atoms. The summed E-state index contributed by atoms with van der Waals surface area (Å²) in [5.41, 5.74) is 4.53. The third kappa shape index (κ3) is 1.69. The summed E-state index contributed by atoms with van der Waals surface area (Å²) in [6.45, 7) is 0. The average Bonchev–Trinajstić information content (AvgIpc) is 1.96. The molecule has 0 saturated carbocycles. The van der Waals surface area contributed by atoms with Crippen LogP contribution in [0.3, 0.4) is 0 Å². The van der Waals surface area contributed by atoms with Crippen LogP contribution < -0.4 is 5.73 Å². The van der Waals surface area contributed by atoms with Gasteiger partial charge in [0, 0.05) is 0 Å². The van der Waals surface area contributed by atoms with Gasteiger partial charge in [-0.2, -0.15) is 0 Å². The molecule has 6 heteroatoms. The van der Waals surface area contributed by atoms with E-state index < -0.39 is 23.6 Å². The van der Waals surface area contributed by atoms with Gasteiger partial charge in [0.25, 0.3) is 6.43 Å². The highest BCUT2D eigenvalue weighted by atomic mass is 79.9. The largest absolute Gasteiger partial charge is 0.381 e. The quantitative estimate of drug-likeness (QED) is 0.767. The van der Waals surface area contributed by atoms with Gasteiger partial charge in [-0.1, -0.05) is 0 Å². The Balaban J connectivity index is 3.23. The Morgan fingerprint density at radius 1 is 1.50 bits per heavy atom. The number of nitrogens with zero attached hydrogens (tertiary/aromatic N) is 1. The molecule has 1 heterocycles. The maximum atomic E-state index is 12.6. The summed E-state index contributed by atoms with van der Waals surface area (Å²) in [6, 6.07) is 0.664. The van der Waals surface area contributed by atoms with Gasteiger partial charge < -0.3 is 5.73 Å². The highest BCUT2D eigenvalue weighted by Crippen LogP contribution is 2.27. The van der Waals surface area contributed by atoms with Crippen LogP contribution in [-0.2, 0) is 0 Å². The van der Waals surface area contributed by atoms with E-state index >= 15 is 0 Å². The number of pyridine rings is 1. The number of hydrogen-bond acceptors (Lipinski definition) is 2. The van der Waals surface area contributed by atoms with Crippen LogP contribution in [-0.4, -0.2) is 4.98 Å². The number of alkyl halides is 2. The predicted molar refractivity (Wildman–Crippen MR) is 41.3 cm³/mol. The zero-order valence-electron chi connectivity index (χ0n) is 5.69. The number of rotatable bonds is 1. The molecule has 0 aliphatic carbocycles. The maximum absolute atomic E-state index is 12.6. The third-order valence-corrected chi connectivity index (χ3v) is 1.85. The monoisotopic (exact) mass is 240 g/mol. The first-order valence-electron chi connectivity index (χ1n) is 2.92. The topological polar surface area (TPSA) is 38.9 Å². The fourth-order valence-electron chi connectivity index (χ4n) is 0.647. The summed E-state index contributed by atoms with van der Waals surface area (Å²) in [7, 11) is 0. The zero-order chi connectivity index (χ0) is 9.30. The molecule has 0 aliphatic heterocycles. The van der Waals surface area contributed by atoms with Gasteiger partial charge in [-0.05, 0) is 22.0 Å². The SMILES string of the molecule is Nc1nc(Br)c(C(F)F)cc1F. The standard InChI is InChI=1S/C6H4BrF3N2/c7-4-2(5(9)10)1-3(8)6(11)12-4/h1,5H,(H2,11,12). The van der Waals surface area contributed by atoms with Crippen LogP contribution >= 0.6 is 15.9 Å². The van der Waals surface area contributed by atoms with Crippen LogP contribution in [0.25, 0.3) is 0 Å². The Labute approximate surface area is 74.7 Å². The number of nitrogen functional groups attached to an aromatic ring is 1. The molecule has 66 valence electrons. The summed E-state index contributed by atoms with van der Waals surface area (Å²) in [4.78, 5) is 3.33. The summed E-state index contributed by atoms with van der Waals surface area (Å²) < 4.78 is 36.6. The van der Waals surface area contributed by atoms with Gasteiger partial charge in [0.15, 0.2) is 11.6 Å². The van der Waals surface area contributed by atoms with Crippen LogP contribution in [0.15, 0.2) is 10.7 Å². The smallest absolute Gasteiger partial charge is 0.266 e. The first kappa shape index (κ1) is 9.31. The van der Waals surface area contributed by atoms with E-state index in [4.69, 9.17) is 5.73 Å². The van der Waals surface area contributed by atoms with E-state index in [1.165, 1.54) is 0 Å². The van der Waals surface area contributed by atoms with E-state index in [0.29, 0.717) is 6.07 Å². The summed E-state index contributed by atoms with van der Waals surface area (Å²) in [5.74, 6) is -1.33. The fourth-order valence-corrected chi connectivity index (χ4v) is 1.13. The molecule has 0 atom stereocenters. The second kappa shape index (κ2) is 3.30. The van der Waals surface area contributed by atoms with Crippen molar-refractivity contribution in [3.63, 3.8) is 0 Å². The van der Waals surface area contributed by atoms with Gasteiger partial charge in [-0.15, -0.1) is 0 Å². The minimum absolute atomic E-state index is 0.128. The zero-order valence-corrected chi connectivity index (χ0v) is 7.28. The van der Waals surface area contributed by atoms with Gasteiger partial charge in [0.05, 0.1) is 5.56 Å². The van der Waals surface area contributed by atoms with Crippen molar-refractivity contribution in [2.45, 2.75) is 6.43 Å². The molecule has 0 amide bonds. The molecule has 0 spiro atoms. The van der Waals surface area contributed by atoms with Crippen LogP contribution in [0.5, 0.6) is 0 Å². The number of hydrogen-bond donors (Lipinski definition) is 1. The van der Waals surface area contributed by atoms with Crippen molar-refractivity contribution in [2.75, 3.05) is 5.73 Å². The van der Waals surface area contributed by atoms with Gasteiger partial charge >= 0.3 is 0 Å². The predicted octanol–water partition coefficient (Wildman–Crippen LogP) is 2.50. The van der Waals surface area contributed by atoms with Crippen LogP contribution in [0.4, 0.5) is 19.0 Å². The van der Waals surface area contributed by atoms with E-state index in [2.05, 4.69) is 20.9 Å². The molecule has 1 rings (SSSR count). The Bertz CT molecular complexity index is 303. The highest BCUT2D eigenvalue weighted by Gasteiger charge is 2.15. The molecular formula is C6H4BrF3N2. The molecule has 0 unspecified atom stereocenters. The van der Waals surface area contributed by atoms with Gasteiger partial charge in [0.2, 0.25) is 0 Å². The lowest BCUT2D eigenvalue weighted by molar-refractivity contribution is 0.149. The molecule has 0 fully saturated rings. The van der Waals surface area contributed by atoms with Crippen LogP contribution in [0.2, 0.25) is 0 Å². The molecular weight excluding hydrogens is 237 g/mol. The molecule has 0 bridgehead atoms. The first-order valence-corrected chi connectivity index (χ1v) is 3.71. The Hall–Kier alpha value is -0.780. The molecule has 0 saturated heterocycles. The average molecular weight is 241 g/mol. The summed E-state index contributed by atoms with van der Waals surface area (Å²) in [5, 5.41) is 0. The molecule has 2 N–H and O–H groups in total. The van der Waals surface area contributed by atoms with E-state index in [0.717, 1.165) is 0 Å². The summed E-state index contributed by atoms with van der Waals surface area (Å²) >= 11 is 2.74. The molecule has 1 aromatic rings. The van der Waals surface area contributed by atoms with Crippen molar-refractivity contribution in [2.24, 2.45) is 0 Å². The Morgan fingerprint density at radius 2 is 2.08 bits per heavy atom.